The summed E-state index contributed by atoms with van der Waals surface area (Å²) in [6.45, 7) is -1.41. The van der Waals surface area contributed by atoms with Crippen LogP contribution in [-0.2, 0) is 11.2 Å². The molecule has 0 unspecified atom stereocenters. The van der Waals surface area contributed by atoms with Crippen LogP contribution in [0, 0.1) is 0 Å². The Balaban J connectivity index is 0.00000420. The van der Waals surface area contributed by atoms with Crippen molar-refractivity contribution in [3.8, 4) is 17.2 Å². The molecule has 0 atom stereocenters. The third kappa shape index (κ3) is 7.61. The molecule has 0 aliphatic heterocycles. The summed E-state index contributed by atoms with van der Waals surface area (Å²) >= 11 is 0. The van der Waals surface area contributed by atoms with Crippen LogP contribution in [0.1, 0.15) is 12.0 Å². The first-order valence-electron chi connectivity index (χ1n) is 8.31. The summed E-state index contributed by atoms with van der Waals surface area (Å²) in [5.41, 5.74) is 7.46. The van der Waals surface area contributed by atoms with Crippen molar-refractivity contribution in [2.45, 2.75) is 19.0 Å². The summed E-state index contributed by atoms with van der Waals surface area (Å²) in [6, 6.07) is 9.43. The van der Waals surface area contributed by atoms with Gasteiger partial charge in [-0.25, -0.2) is 0 Å². The molecular weight excluding hydrogens is 413 g/mol. The average molecular weight is 435 g/mol. The number of anilines is 2. The standard InChI is InChI=1S/C19H21F3N2O4.ClH/c1-26-15-7-5-13(10-14(15)23)24-18(25)8-4-12-3-6-16(17(9-12)27-2)28-11-19(20,21)22;/h3,5-7,9-10H,4,8,11,23H2,1-2H3,(H,24,25);1H. The maximum atomic E-state index is 12.3. The molecule has 0 fully saturated rings. The van der Waals surface area contributed by atoms with Crippen molar-refractivity contribution < 1.29 is 32.2 Å². The summed E-state index contributed by atoms with van der Waals surface area (Å²) < 4.78 is 51.7. The molecule has 1 amide bonds. The second-order valence-corrected chi connectivity index (χ2v) is 5.89. The van der Waals surface area contributed by atoms with Gasteiger partial charge < -0.3 is 25.3 Å². The molecule has 0 saturated heterocycles. The SMILES string of the molecule is COc1ccc(NC(=O)CCc2ccc(OCC(F)(F)F)c(OC)c2)cc1N.Cl. The number of halogens is 4. The Morgan fingerprint density at radius 2 is 1.69 bits per heavy atom. The number of rotatable bonds is 8. The lowest BCUT2D eigenvalue weighted by atomic mass is 10.1. The maximum Gasteiger partial charge on any atom is 0.422 e. The summed E-state index contributed by atoms with van der Waals surface area (Å²) in [6.07, 6.45) is -3.90. The number of ether oxygens (including phenoxy) is 3. The van der Waals surface area contributed by atoms with Crippen LogP contribution in [-0.4, -0.2) is 32.9 Å². The summed E-state index contributed by atoms with van der Waals surface area (Å²) in [4.78, 5) is 12.1. The van der Waals surface area contributed by atoms with E-state index in [-0.39, 0.29) is 36.2 Å². The Bertz CT molecular complexity index is 832. The molecule has 2 rings (SSSR count). The number of alkyl halides is 3. The third-order valence-electron chi connectivity index (χ3n) is 3.77. The zero-order chi connectivity index (χ0) is 20.7. The number of aryl methyl sites for hydroxylation is 1. The minimum Gasteiger partial charge on any atom is -0.495 e. The number of nitrogens with two attached hydrogens (primary N) is 1. The van der Waals surface area contributed by atoms with Gasteiger partial charge in [-0.2, -0.15) is 13.2 Å². The molecule has 0 bridgehead atoms. The van der Waals surface area contributed by atoms with Gasteiger partial charge in [-0.3, -0.25) is 4.79 Å². The highest BCUT2D eigenvalue weighted by Crippen LogP contribution is 2.30. The number of amides is 1. The van der Waals surface area contributed by atoms with Gasteiger partial charge in [-0.1, -0.05) is 6.07 Å². The Labute approximate surface area is 172 Å². The molecule has 0 aliphatic carbocycles. The van der Waals surface area contributed by atoms with Crippen LogP contribution < -0.4 is 25.3 Å². The summed E-state index contributed by atoms with van der Waals surface area (Å²) in [5, 5.41) is 2.73. The molecule has 0 heterocycles. The molecule has 0 spiro atoms. The van der Waals surface area contributed by atoms with E-state index in [0.29, 0.717) is 23.5 Å². The van der Waals surface area contributed by atoms with Gasteiger partial charge in [0, 0.05) is 12.1 Å². The van der Waals surface area contributed by atoms with Crippen molar-refractivity contribution in [2.75, 3.05) is 31.9 Å². The first-order chi connectivity index (χ1) is 13.2. The summed E-state index contributed by atoms with van der Waals surface area (Å²) in [5.74, 6) is 0.436. The Kier molecular flexibility index (Phi) is 8.90. The van der Waals surface area contributed by atoms with Crippen LogP contribution in [0.2, 0.25) is 0 Å². The number of methoxy groups -OCH3 is 2. The number of carbonyl (C=O) groups is 1. The fraction of sp³-hybridized carbons (Fsp3) is 0.316. The second kappa shape index (κ2) is 10.7. The molecule has 2 aromatic carbocycles. The molecule has 2 aromatic rings. The van der Waals surface area contributed by atoms with E-state index in [9.17, 15) is 18.0 Å². The molecule has 0 saturated carbocycles. The van der Waals surface area contributed by atoms with E-state index < -0.39 is 12.8 Å². The van der Waals surface area contributed by atoms with Crippen LogP contribution in [0.3, 0.4) is 0 Å². The van der Waals surface area contributed by atoms with Crippen LogP contribution in [0.25, 0.3) is 0 Å². The predicted octanol–water partition coefficient (Wildman–Crippen LogP) is 4.22. The zero-order valence-electron chi connectivity index (χ0n) is 15.8. The molecule has 160 valence electrons. The number of nitrogen functional groups attached to an aromatic ring is 1. The predicted molar refractivity (Wildman–Crippen MR) is 106 cm³/mol. The first-order valence-corrected chi connectivity index (χ1v) is 8.31. The lowest BCUT2D eigenvalue weighted by Gasteiger charge is -2.13. The number of hydrogen-bond donors (Lipinski definition) is 2. The molecule has 6 nitrogen and oxygen atoms in total. The van der Waals surface area contributed by atoms with E-state index in [1.807, 2.05) is 0 Å². The Morgan fingerprint density at radius 1 is 1.03 bits per heavy atom. The molecular formula is C19H22ClF3N2O4. The smallest absolute Gasteiger partial charge is 0.422 e. The van der Waals surface area contributed by atoms with Gasteiger partial charge in [-0.15, -0.1) is 12.4 Å². The van der Waals surface area contributed by atoms with Crippen LogP contribution >= 0.6 is 12.4 Å². The highest BCUT2D eigenvalue weighted by atomic mass is 35.5. The average Bonchev–Trinajstić information content (AvgIpc) is 2.64. The van der Waals surface area contributed by atoms with Crippen LogP contribution in [0.15, 0.2) is 36.4 Å². The molecule has 0 aliphatic rings. The van der Waals surface area contributed by atoms with Crippen molar-refractivity contribution in [1.82, 2.24) is 0 Å². The van der Waals surface area contributed by atoms with Crippen molar-refractivity contribution in [2.24, 2.45) is 0 Å². The summed E-state index contributed by atoms with van der Waals surface area (Å²) in [7, 11) is 2.83. The third-order valence-corrected chi connectivity index (χ3v) is 3.77. The lowest BCUT2D eigenvalue weighted by Crippen LogP contribution is -2.19. The van der Waals surface area contributed by atoms with E-state index >= 15 is 0 Å². The van der Waals surface area contributed by atoms with E-state index in [0.717, 1.165) is 5.56 Å². The minimum atomic E-state index is -4.44. The van der Waals surface area contributed by atoms with Crippen LogP contribution in [0.4, 0.5) is 24.5 Å². The molecule has 10 heteroatoms. The fourth-order valence-corrected chi connectivity index (χ4v) is 2.44. The molecule has 3 N–H and O–H groups in total. The van der Waals surface area contributed by atoms with Crippen molar-refractivity contribution in [3.05, 3.63) is 42.0 Å². The van der Waals surface area contributed by atoms with Crippen molar-refractivity contribution >= 4 is 29.7 Å². The van der Waals surface area contributed by atoms with Crippen molar-refractivity contribution in [3.63, 3.8) is 0 Å². The second-order valence-electron chi connectivity index (χ2n) is 5.89. The number of hydrogen-bond acceptors (Lipinski definition) is 5. The quantitative estimate of drug-likeness (QED) is 0.608. The molecule has 0 aromatic heterocycles. The lowest BCUT2D eigenvalue weighted by molar-refractivity contribution is -0.153. The Morgan fingerprint density at radius 3 is 2.28 bits per heavy atom. The van der Waals surface area contributed by atoms with E-state index in [1.54, 1.807) is 30.3 Å². The maximum absolute atomic E-state index is 12.3. The number of carbonyl (C=O) groups excluding carboxylic acids is 1. The van der Waals surface area contributed by atoms with Crippen LogP contribution in [0.5, 0.6) is 17.2 Å². The Hall–Kier alpha value is -2.81. The largest absolute Gasteiger partial charge is 0.495 e. The van der Waals surface area contributed by atoms with Gasteiger partial charge in [0.05, 0.1) is 19.9 Å². The topological polar surface area (TPSA) is 82.8 Å². The van der Waals surface area contributed by atoms with E-state index in [4.69, 9.17) is 19.9 Å². The highest BCUT2D eigenvalue weighted by Gasteiger charge is 2.29. The number of nitrogens with one attached hydrogen (secondary N) is 1. The van der Waals surface area contributed by atoms with Gasteiger partial charge >= 0.3 is 6.18 Å². The monoisotopic (exact) mass is 434 g/mol. The zero-order valence-corrected chi connectivity index (χ0v) is 16.7. The van der Waals surface area contributed by atoms with Gasteiger partial charge in [0.25, 0.3) is 0 Å². The van der Waals surface area contributed by atoms with Gasteiger partial charge in [0.15, 0.2) is 18.1 Å². The molecule has 29 heavy (non-hydrogen) atoms. The van der Waals surface area contributed by atoms with Gasteiger partial charge in [-0.05, 0) is 42.3 Å². The fourth-order valence-electron chi connectivity index (χ4n) is 2.44. The van der Waals surface area contributed by atoms with Gasteiger partial charge in [0.2, 0.25) is 5.91 Å². The van der Waals surface area contributed by atoms with Gasteiger partial charge in [0.1, 0.15) is 5.75 Å². The first kappa shape index (κ1) is 24.2. The highest BCUT2D eigenvalue weighted by molar-refractivity contribution is 5.91. The van der Waals surface area contributed by atoms with Crippen molar-refractivity contribution in [1.29, 1.82) is 0 Å². The molecule has 0 radical (unpaired) electrons. The van der Waals surface area contributed by atoms with E-state index in [2.05, 4.69) is 5.32 Å². The van der Waals surface area contributed by atoms with E-state index in [1.165, 1.54) is 20.3 Å². The minimum absolute atomic E-state index is 0. The normalized spacial score (nSPS) is 10.7. The number of benzene rings is 2.